The molecule has 3 nitrogen and oxygen atoms in total. The minimum Gasteiger partial charge on any atom is -0.438 e. The lowest BCUT2D eigenvalue weighted by molar-refractivity contribution is 0.343. The first kappa shape index (κ1) is 24.9. The molecule has 4 heteroatoms. The molecule has 1 unspecified atom stereocenters. The molecule has 0 spiro atoms. The van der Waals surface area contributed by atoms with Gasteiger partial charge in [0.05, 0.1) is 17.7 Å². The van der Waals surface area contributed by atoms with Gasteiger partial charge in [-0.3, -0.25) is 0 Å². The summed E-state index contributed by atoms with van der Waals surface area (Å²) in [5.74, 6) is 0.0121. The summed E-state index contributed by atoms with van der Waals surface area (Å²) in [6, 6.07) is 34.2. The zero-order chi connectivity index (χ0) is 24.2. The summed E-state index contributed by atoms with van der Waals surface area (Å²) in [6.07, 6.45) is 11.1. The van der Waals surface area contributed by atoms with E-state index in [1.54, 1.807) is 0 Å². The summed E-state index contributed by atoms with van der Waals surface area (Å²) in [5.41, 5.74) is 1.04. The molecule has 1 aliphatic carbocycles. The van der Waals surface area contributed by atoms with Gasteiger partial charge < -0.3 is 4.53 Å². The molecule has 0 N–H and O–H groups in total. The first-order valence-corrected chi connectivity index (χ1v) is 15.0. The van der Waals surface area contributed by atoms with Gasteiger partial charge in [-0.05, 0) is 34.8 Å². The van der Waals surface area contributed by atoms with E-state index in [1.165, 1.54) is 47.7 Å². The van der Waals surface area contributed by atoms with Crippen molar-refractivity contribution >= 4 is 29.6 Å². The van der Waals surface area contributed by atoms with Crippen LogP contribution in [0.15, 0.2) is 96.2 Å². The molecular formula is C31H36N2OSi. The minimum atomic E-state index is -2.88. The highest BCUT2D eigenvalue weighted by Gasteiger charge is 2.45. The Balaban J connectivity index is 1.76. The molecule has 4 rings (SSSR count). The SMILES string of the molecule is N#CC1CCCCCCCCCC(=NO[Si](c2ccccc2)(c2ccccc2)c2ccccc2)C1. The van der Waals surface area contributed by atoms with Crippen LogP contribution in [0.25, 0.3) is 0 Å². The van der Waals surface area contributed by atoms with E-state index in [1.807, 2.05) is 0 Å². The summed E-state index contributed by atoms with van der Waals surface area (Å²) in [6.45, 7) is 0. The number of hydrogen-bond donors (Lipinski definition) is 0. The standard InChI is InChI=1S/C31H36N2OSi/c32-26-27-17-9-4-2-1-3-5-10-18-28(25-27)33-34-35(29-19-11-6-12-20-29,30-21-13-7-14-22-30)31-23-15-8-16-24-31/h6-8,11-16,19-24,27H,1-5,9-10,17-18,25H2. The van der Waals surface area contributed by atoms with E-state index in [2.05, 4.69) is 97.1 Å². The summed E-state index contributed by atoms with van der Waals surface area (Å²) in [7, 11) is -2.88. The fraction of sp³-hybridized carbons (Fsp3) is 0.355. The molecule has 3 aromatic carbocycles. The van der Waals surface area contributed by atoms with Gasteiger partial charge in [-0.15, -0.1) is 5.16 Å². The van der Waals surface area contributed by atoms with Crippen molar-refractivity contribution in [3.8, 4) is 6.07 Å². The first-order valence-electron chi connectivity index (χ1n) is 13.1. The van der Waals surface area contributed by atoms with E-state index in [0.717, 1.165) is 31.4 Å². The molecule has 1 saturated carbocycles. The highest BCUT2D eigenvalue weighted by atomic mass is 28.4. The molecule has 1 aliphatic rings. The first-order chi connectivity index (χ1) is 17.3. The molecule has 1 fully saturated rings. The van der Waals surface area contributed by atoms with Crippen LogP contribution in [0.4, 0.5) is 0 Å². The van der Waals surface area contributed by atoms with Gasteiger partial charge >= 0.3 is 8.32 Å². The zero-order valence-electron chi connectivity index (χ0n) is 20.6. The van der Waals surface area contributed by atoms with Crippen LogP contribution >= 0.6 is 0 Å². The highest BCUT2D eigenvalue weighted by molar-refractivity contribution is 7.07. The number of rotatable bonds is 5. The molecule has 0 aliphatic heterocycles. The van der Waals surface area contributed by atoms with Gasteiger partial charge in [0.15, 0.2) is 0 Å². The van der Waals surface area contributed by atoms with E-state index < -0.39 is 8.32 Å². The molecule has 0 radical (unpaired) electrons. The number of nitrogens with zero attached hydrogens (tertiary/aromatic N) is 2. The molecule has 0 saturated heterocycles. The second kappa shape index (κ2) is 13.1. The minimum absolute atomic E-state index is 0.0121. The van der Waals surface area contributed by atoms with Gasteiger partial charge in [0, 0.05) is 6.42 Å². The van der Waals surface area contributed by atoms with Crippen LogP contribution in [0, 0.1) is 17.2 Å². The third-order valence-electron chi connectivity index (χ3n) is 7.04. The summed E-state index contributed by atoms with van der Waals surface area (Å²) >= 11 is 0. The number of nitriles is 1. The summed E-state index contributed by atoms with van der Waals surface area (Å²) in [5, 5.41) is 18.3. The van der Waals surface area contributed by atoms with Crippen LogP contribution in [0.1, 0.15) is 64.2 Å². The van der Waals surface area contributed by atoms with Crippen molar-refractivity contribution in [3.63, 3.8) is 0 Å². The van der Waals surface area contributed by atoms with Crippen LogP contribution in [0.3, 0.4) is 0 Å². The Morgan fingerprint density at radius 2 is 1.11 bits per heavy atom. The van der Waals surface area contributed by atoms with Gasteiger partial charge in [0.1, 0.15) is 0 Å². The number of benzene rings is 3. The average molecular weight is 481 g/mol. The Morgan fingerprint density at radius 1 is 0.657 bits per heavy atom. The Kier molecular flexibility index (Phi) is 9.31. The van der Waals surface area contributed by atoms with Crippen molar-refractivity contribution < 1.29 is 4.53 Å². The maximum atomic E-state index is 9.84. The largest absolute Gasteiger partial charge is 0.438 e. The fourth-order valence-corrected chi connectivity index (χ4v) is 8.66. The summed E-state index contributed by atoms with van der Waals surface area (Å²) < 4.78 is 6.86. The van der Waals surface area contributed by atoms with Gasteiger partial charge in [0.25, 0.3) is 0 Å². The van der Waals surface area contributed by atoms with Gasteiger partial charge in [-0.1, -0.05) is 130 Å². The molecule has 0 bridgehead atoms. The molecule has 0 heterocycles. The molecule has 0 aromatic heterocycles. The van der Waals surface area contributed by atoms with Crippen molar-refractivity contribution in [2.75, 3.05) is 0 Å². The monoisotopic (exact) mass is 480 g/mol. The molecule has 0 amide bonds. The van der Waals surface area contributed by atoms with Crippen LogP contribution in [-0.2, 0) is 4.53 Å². The molecule has 180 valence electrons. The lowest BCUT2D eigenvalue weighted by atomic mass is 9.93. The maximum Gasteiger partial charge on any atom is 0.380 e. The zero-order valence-corrected chi connectivity index (χ0v) is 21.6. The van der Waals surface area contributed by atoms with Gasteiger partial charge in [0.2, 0.25) is 0 Å². The quantitative estimate of drug-likeness (QED) is 0.252. The molecule has 1 atom stereocenters. The van der Waals surface area contributed by atoms with Crippen LogP contribution in [0.5, 0.6) is 0 Å². The Morgan fingerprint density at radius 3 is 1.60 bits per heavy atom. The Bertz CT molecular complexity index is 996. The van der Waals surface area contributed by atoms with Crippen molar-refractivity contribution in [3.05, 3.63) is 91.0 Å². The smallest absolute Gasteiger partial charge is 0.380 e. The van der Waals surface area contributed by atoms with Crippen LogP contribution < -0.4 is 15.6 Å². The normalized spacial score (nSPS) is 19.2. The lowest BCUT2D eigenvalue weighted by Gasteiger charge is -2.30. The Hall–Kier alpha value is -3.16. The van der Waals surface area contributed by atoms with Crippen molar-refractivity contribution in [2.45, 2.75) is 64.2 Å². The van der Waals surface area contributed by atoms with E-state index in [0.29, 0.717) is 6.42 Å². The maximum absolute atomic E-state index is 9.84. The van der Waals surface area contributed by atoms with Crippen molar-refractivity contribution in [1.82, 2.24) is 0 Å². The summed E-state index contributed by atoms with van der Waals surface area (Å²) in [4.78, 5) is 0. The van der Waals surface area contributed by atoms with E-state index in [-0.39, 0.29) is 5.92 Å². The predicted octanol–water partition coefficient (Wildman–Crippen LogP) is 6.08. The second-order valence-electron chi connectivity index (χ2n) is 9.57. The van der Waals surface area contributed by atoms with Crippen LogP contribution in [0.2, 0.25) is 0 Å². The Labute approximate surface area is 211 Å². The highest BCUT2D eigenvalue weighted by Crippen LogP contribution is 2.21. The fourth-order valence-electron chi connectivity index (χ4n) is 5.10. The van der Waals surface area contributed by atoms with E-state index in [9.17, 15) is 5.26 Å². The second-order valence-corrected chi connectivity index (χ2v) is 12.8. The number of oxime groups is 1. The van der Waals surface area contributed by atoms with E-state index in [4.69, 9.17) is 9.68 Å². The molecule has 3 aromatic rings. The van der Waals surface area contributed by atoms with Gasteiger partial charge in [-0.25, -0.2) is 0 Å². The average Bonchev–Trinajstić information content (AvgIpc) is 2.92. The topological polar surface area (TPSA) is 45.4 Å². The van der Waals surface area contributed by atoms with Gasteiger partial charge in [-0.2, -0.15) is 5.26 Å². The lowest BCUT2D eigenvalue weighted by Crippen LogP contribution is -2.68. The third kappa shape index (κ3) is 6.49. The van der Waals surface area contributed by atoms with Crippen molar-refractivity contribution in [2.24, 2.45) is 11.1 Å². The van der Waals surface area contributed by atoms with Crippen molar-refractivity contribution in [1.29, 1.82) is 5.26 Å². The molecular weight excluding hydrogens is 444 g/mol. The van der Waals surface area contributed by atoms with Crippen LogP contribution in [-0.4, -0.2) is 14.0 Å². The number of hydrogen-bond acceptors (Lipinski definition) is 3. The predicted molar refractivity (Wildman–Crippen MR) is 148 cm³/mol. The third-order valence-corrected chi connectivity index (χ3v) is 10.8. The molecule has 35 heavy (non-hydrogen) atoms. The van der Waals surface area contributed by atoms with E-state index >= 15 is 0 Å².